The van der Waals surface area contributed by atoms with Gasteiger partial charge >= 0.3 is 5.97 Å². The molecule has 0 aliphatic rings. The summed E-state index contributed by atoms with van der Waals surface area (Å²) < 4.78 is 7.33. The molecule has 0 fully saturated rings. The monoisotopic (exact) mass is 708 g/mol. The van der Waals surface area contributed by atoms with Crippen molar-refractivity contribution in [3.05, 3.63) is 122 Å². The van der Waals surface area contributed by atoms with Gasteiger partial charge in [-0.15, -0.1) is 0 Å². The number of aromatic nitrogens is 4. The smallest absolute Gasteiger partial charge is 0.337 e. The van der Waals surface area contributed by atoms with Gasteiger partial charge in [0.2, 0.25) is 0 Å². The van der Waals surface area contributed by atoms with Crippen LogP contribution in [0.5, 0.6) is 0 Å². The molecule has 0 aliphatic heterocycles. The zero-order valence-electron chi connectivity index (χ0n) is 26.6. The molecule has 2 heterocycles. The van der Waals surface area contributed by atoms with E-state index in [-0.39, 0.29) is 35.1 Å². The summed E-state index contributed by atoms with van der Waals surface area (Å²) in [6.07, 6.45) is 0.782. The summed E-state index contributed by atoms with van der Waals surface area (Å²) in [6.45, 7) is 7.72. The average molecular weight is 710 g/mol. The molecule has 0 saturated heterocycles. The summed E-state index contributed by atoms with van der Waals surface area (Å²) in [6, 6.07) is 9.98. The quantitative estimate of drug-likeness (QED) is 0.198. The van der Waals surface area contributed by atoms with Gasteiger partial charge in [0, 0.05) is 58.2 Å². The zero-order valence-corrected chi connectivity index (χ0v) is 29.6. The van der Waals surface area contributed by atoms with Crippen molar-refractivity contribution in [1.29, 1.82) is 0 Å². The molecule has 0 bridgehead atoms. The van der Waals surface area contributed by atoms with E-state index < -0.39 is 5.97 Å². The number of halogens is 4. The molecule has 0 amide bonds. The lowest BCUT2D eigenvalue weighted by molar-refractivity contribution is 0.0600. The third-order valence-corrected chi connectivity index (χ3v) is 8.54. The molecule has 9 nitrogen and oxygen atoms in total. The van der Waals surface area contributed by atoms with Gasteiger partial charge in [0.05, 0.1) is 30.7 Å². The van der Waals surface area contributed by atoms with Crippen LogP contribution in [0.15, 0.2) is 46.0 Å². The van der Waals surface area contributed by atoms with E-state index in [9.17, 15) is 14.4 Å². The summed E-state index contributed by atoms with van der Waals surface area (Å²) in [7, 11) is 4.54. The molecule has 4 aromatic rings. The van der Waals surface area contributed by atoms with Crippen molar-refractivity contribution < 1.29 is 14.6 Å². The molecular weight excluding hydrogens is 674 g/mol. The standard InChI is InChI=1S/C17H18Cl2N2O3.C16H18Cl2N2O2/c1-9(2)12-7-11(20-21(3)16(12)22)8-13-14(18)5-10(6-15(13)19)17(23)24-4;1-9(2)12-6-11(19-20(3)16(12)22)7-13-14(17)4-10(8-21)5-15(13)18/h5-7,9H,8H2,1-4H3;4-6,9,21H,7-8H2,1-3H3. The van der Waals surface area contributed by atoms with Crippen LogP contribution in [-0.2, 0) is 38.3 Å². The molecule has 246 valence electrons. The molecule has 46 heavy (non-hydrogen) atoms. The van der Waals surface area contributed by atoms with Gasteiger partial charge in [-0.3, -0.25) is 9.59 Å². The predicted molar refractivity (Wildman–Crippen MR) is 183 cm³/mol. The van der Waals surface area contributed by atoms with Crippen LogP contribution < -0.4 is 11.1 Å². The molecule has 0 atom stereocenters. The number of aryl methyl sites for hydroxylation is 2. The Balaban J connectivity index is 0.000000251. The predicted octanol–water partition coefficient (Wildman–Crippen LogP) is 6.88. The first-order chi connectivity index (χ1) is 21.6. The van der Waals surface area contributed by atoms with E-state index in [4.69, 9.17) is 51.5 Å². The van der Waals surface area contributed by atoms with Crippen LogP contribution in [-0.4, -0.2) is 37.7 Å². The summed E-state index contributed by atoms with van der Waals surface area (Å²) in [5.41, 5.74) is 4.92. The minimum Gasteiger partial charge on any atom is -0.465 e. The van der Waals surface area contributed by atoms with E-state index in [0.717, 1.165) is 11.3 Å². The zero-order chi connectivity index (χ0) is 34.5. The van der Waals surface area contributed by atoms with Gasteiger partial charge in [0.1, 0.15) is 0 Å². The molecule has 2 aromatic heterocycles. The highest BCUT2D eigenvalue weighted by Crippen LogP contribution is 2.30. The third-order valence-electron chi connectivity index (χ3n) is 7.19. The van der Waals surface area contributed by atoms with Crippen LogP contribution in [0.25, 0.3) is 0 Å². The summed E-state index contributed by atoms with van der Waals surface area (Å²) >= 11 is 25.0. The van der Waals surface area contributed by atoms with Gasteiger partial charge in [0.15, 0.2) is 0 Å². The Morgan fingerprint density at radius 1 is 0.739 bits per heavy atom. The first kappa shape index (κ1) is 37.2. The molecule has 13 heteroatoms. The number of hydrogen-bond donors (Lipinski definition) is 1. The van der Waals surface area contributed by atoms with Crippen molar-refractivity contribution in [2.75, 3.05) is 7.11 Å². The fourth-order valence-corrected chi connectivity index (χ4v) is 5.96. The summed E-state index contributed by atoms with van der Waals surface area (Å²) in [5.74, 6) is -0.311. The highest BCUT2D eigenvalue weighted by atomic mass is 35.5. The van der Waals surface area contributed by atoms with E-state index >= 15 is 0 Å². The lowest BCUT2D eigenvalue weighted by Gasteiger charge is -2.12. The molecular formula is C33H36Cl4N4O5. The first-order valence-electron chi connectivity index (χ1n) is 14.4. The van der Waals surface area contributed by atoms with Gasteiger partial charge < -0.3 is 9.84 Å². The van der Waals surface area contributed by atoms with E-state index in [0.29, 0.717) is 60.9 Å². The van der Waals surface area contributed by atoms with Crippen molar-refractivity contribution in [3.63, 3.8) is 0 Å². The third kappa shape index (κ3) is 8.98. The first-order valence-corrected chi connectivity index (χ1v) is 15.9. The van der Waals surface area contributed by atoms with Crippen LogP contribution in [0.3, 0.4) is 0 Å². The normalized spacial score (nSPS) is 11.1. The topological polar surface area (TPSA) is 116 Å². The largest absolute Gasteiger partial charge is 0.465 e. The van der Waals surface area contributed by atoms with E-state index in [2.05, 4.69) is 14.9 Å². The number of rotatable bonds is 8. The minimum atomic E-state index is -0.507. The second-order valence-corrected chi connectivity index (χ2v) is 12.9. The second-order valence-electron chi connectivity index (χ2n) is 11.3. The maximum atomic E-state index is 12.1. The van der Waals surface area contributed by atoms with E-state index in [1.54, 1.807) is 38.4 Å². The Morgan fingerprint density at radius 3 is 1.43 bits per heavy atom. The number of carbonyl (C=O) groups excluding carboxylic acids is 1. The van der Waals surface area contributed by atoms with Gasteiger partial charge in [-0.05, 0) is 64.9 Å². The highest BCUT2D eigenvalue weighted by Gasteiger charge is 2.17. The van der Waals surface area contributed by atoms with Gasteiger partial charge in [-0.1, -0.05) is 74.1 Å². The Kier molecular flexibility index (Phi) is 13.0. The number of hydrogen-bond acceptors (Lipinski definition) is 7. The molecule has 2 aromatic carbocycles. The van der Waals surface area contributed by atoms with Crippen LogP contribution in [0.4, 0.5) is 0 Å². The number of nitrogens with zero attached hydrogens (tertiary/aromatic N) is 4. The van der Waals surface area contributed by atoms with E-state index in [1.165, 1.54) is 28.6 Å². The number of ether oxygens (including phenoxy) is 1. The molecule has 4 rings (SSSR count). The molecule has 0 radical (unpaired) electrons. The molecule has 0 unspecified atom stereocenters. The van der Waals surface area contributed by atoms with Gasteiger partial charge in [-0.2, -0.15) is 10.2 Å². The number of carbonyl (C=O) groups is 1. The van der Waals surface area contributed by atoms with Crippen LogP contribution in [0.2, 0.25) is 20.1 Å². The van der Waals surface area contributed by atoms with Crippen molar-refractivity contribution in [1.82, 2.24) is 19.6 Å². The maximum Gasteiger partial charge on any atom is 0.337 e. The fraction of sp³-hybridized carbons (Fsp3) is 0.364. The van der Waals surface area contributed by atoms with Crippen LogP contribution >= 0.6 is 46.4 Å². The number of aliphatic hydroxyl groups excluding tert-OH is 1. The fourth-order valence-electron chi connectivity index (χ4n) is 4.68. The lowest BCUT2D eigenvalue weighted by Crippen LogP contribution is -2.25. The number of esters is 1. The van der Waals surface area contributed by atoms with Crippen LogP contribution in [0, 0.1) is 0 Å². The van der Waals surface area contributed by atoms with Gasteiger partial charge in [0.25, 0.3) is 11.1 Å². The number of benzene rings is 2. The summed E-state index contributed by atoms with van der Waals surface area (Å²) in [4.78, 5) is 35.8. The molecule has 0 aliphatic carbocycles. The maximum absolute atomic E-state index is 12.1. The van der Waals surface area contributed by atoms with Crippen molar-refractivity contribution in [2.24, 2.45) is 14.1 Å². The Morgan fingerprint density at radius 2 is 1.11 bits per heavy atom. The number of methoxy groups -OCH3 is 1. The highest BCUT2D eigenvalue weighted by molar-refractivity contribution is 6.37. The SMILES string of the molecule is CC(C)c1cc(Cc2c(Cl)cc(CO)cc2Cl)nn(C)c1=O.COC(=O)c1cc(Cl)c(Cc2cc(C(C)C)c(=O)n(C)n2)c(Cl)c1. The minimum absolute atomic E-state index is 0.0816. The van der Waals surface area contributed by atoms with Crippen molar-refractivity contribution >= 4 is 52.4 Å². The van der Waals surface area contributed by atoms with Crippen molar-refractivity contribution in [2.45, 2.75) is 59.0 Å². The van der Waals surface area contributed by atoms with E-state index in [1.807, 2.05) is 27.7 Å². The Bertz CT molecular complexity index is 1820. The number of aliphatic hydroxyl groups is 1. The second kappa shape index (κ2) is 16.1. The molecule has 1 N–H and O–H groups in total. The average Bonchev–Trinajstić information content (AvgIpc) is 2.99. The van der Waals surface area contributed by atoms with Crippen molar-refractivity contribution in [3.8, 4) is 0 Å². The Labute approximate surface area is 287 Å². The lowest BCUT2D eigenvalue weighted by atomic mass is 10.0. The molecule has 0 saturated carbocycles. The molecule has 0 spiro atoms. The van der Waals surface area contributed by atoms with Crippen LogP contribution in [0.1, 0.15) is 89.1 Å². The Hall–Kier alpha value is -3.21. The summed E-state index contributed by atoms with van der Waals surface area (Å²) in [5, 5.41) is 19.4. The van der Waals surface area contributed by atoms with Gasteiger partial charge in [-0.25, -0.2) is 14.2 Å².